The molecule has 0 aliphatic carbocycles. The van der Waals surface area contributed by atoms with Gasteiger partial charge in [0.05, 0.1) is 50.0 Å². The van der Waals surface area contributed by atoms with Gasteiger partial charge in [0.1, 0.15) is 23.0 Å². The molecule has 3 aromatic rings. The highest BCUT2D eigenvalue weighted by molar-refractivity contribution is 6.51. The fourth-order valence-electron chi connectivity index (χ4n) is 4.31. The number of benzene rings is 3. The first-order chi connectivity index (χ1) is 18.2. The number of hydrogen-bond acceptors (Lipinski definition) is 8. The molecule has 1 fully saturated rings. The van der Waals surface area contributed by atoms with E-state index in [0.29, 0.717) is 16.8 Å². The maximum absolute atomic E-state index is 13.4. The molecule has 38 heavy (non-hydrogen) atoms. The van der Waals surface area contributed by atoms with Gasteiger partial charge >= 0.3 is 5.97 Å². The third-order valence-corrected chi connectivity index (χ3v) is 6.45. The Kier molecular flexibility index (Phi) is 7.59. The molecule has 0 radical (unpaired) electrons. The number of halogens is 1. The second-order valence-electron chi connectivity index (χ2n) is 8.37. The van der Waals surface area contributed by atoms with Crippen LogP contribution in [0.15, 0.2) is 66.2 Å². The van der Waals surface area contributed by atoms with Crippen LogP contribution in [-0.2, 0) is 25.5 Å². The highest BCUT2D eigenvalue weighted by Crippen LogP contribution is 2.45. The van der Waals surface area contributed by atoms with Gasteiger partial charge in [0.2, 0.25) is 0 Å². The number of nitrogens with zero attached hydrogens (tertiary/aromatic N) is 1. The van der Waals surface area contributed by atoms with Crippen molar-refractivity contribution in [1.29, 1.82) is 0 Å². The lowest BCUT2D eigenvalue weighted by Crippen LogP contribution is -2.29. The van der Waals surface area contributed by atoms with Gasteiger partial charge in [-0.25, -0.2) is 0 Å². The molecular weight excluding hydrogens is 514 g/mol. The first-order valence-electron chi connectivity index (χ1n) is 11.4. The molecule has 2 N–H and O–H groups in total. The van der Waals surface area contributed by atoms with Crippen molar-refractivity contribution in [3.8, 4) is 17.2 Å². The Morgan fingerprint density at radius 1 is 0.974 bits per heavy atom. The average Bonchev–Trinajstić information content (AvgIpc) is 3.18. The summed E-state index contributed by atoms with van der Waals surface area (Å²) in [5, 5.41) is 21.8. The molecule has 0 bridgehead atoms. The van der Waals surface area contributed by atoms with E-state index >= 15 is 0 Å². The Bertz CT molecular complexity index is 1450. The molecule has 4 rings (SSSR count). The molecule has 1 atom stereocenters. The van der Waals surface area contributed by atoms with E-state index in [-0.39, 0.29) is 39.8 Å². The van der Waals surface area contributed by atoms with Gasteiger partial charge < -0.3 is 24.4 Å². The number of methoxy groups -OCH3 is 3. The van der Waals surface area contributed by atoms with Crippen LogP contribution in [-0.4, -0.2) is 49.2 Å². The number of esters is 1. The van der Waals surface area contributed by atoms with Crippen molar-refractivity contribution in [3.05, 3.63) is 87.9 Å². The largest absolute Gasteiger partial charge is 0.508 e. The number of carbonyl (C=O) groups is 3. The zero-order valence-electron chi connectivity index (χ0n) is 20.7. The summed E-state index contributed by atoms with van der Waals surface area (Å²) in [5.41, 5.74) is 1.23. The Hall–Kier alpha value is -4.50. The van der Waals surface area contributed by atoms with Crippen LogP contribution in [0.3, 0.4) is 0 Å². The third-order valence-electron chi connectivity index (χ3n) is 6.15. The van der Waals surface area contributed by atoms with Gasteiger partial charge in [-0.2, -0.15) is 0 Å². The van der Waals surface area contributed by atoms with Crippen LogP contribution in [0, 0.1) is 0 Å². The number of aromatic hydroxyl groups is 1. The van der Waals surface area contributed by atoms with Crippen LogP contribution in [0.25, 0.3) is 5.76 Å². The number of aliphatic hydroxyl groups is 1. The SMILES string of the molecule is COC(=O)Cc1ccc(N2C(=O)C(=O)/C(=C(/O)c3cc(OC)c(Cl)cc3OC)C2c2cccc(O)c2)cc1. The zero-order chi connectivity index (χ0) is 27.6. The summed E-state index contributed by atoms with van der Waals surface area (Å²) in [6, 6.07) is 14.2. The molecule has 1 aliphatic rings. The van der Waals surface area contributed by atoms with E-state index in [1.54, 1.807) is 36.4 Å². The van der Waals surface area contributed by atoms with Gasteiger partial charge in [-0.1, -0.05) is 35.9 Å². The average molecular weight is 538 g/mol. The van der Waals surface area contributed by atoms with Gasteiger partial charge in [-0.3, -0.25) is 19.3 Å². The molecule has 1 unspecified atom stereocenters. The molecule has 1 heterocycles. The van der Waals surface area contributed by atoms with Crippen molar-refractivity contribution in [2.24, 2.45) is 0 Å². The lowest BCUT2D eigenvalue weighted by Gasteiger charge is -2.26. The molecular formula is C28H24ClNO8. The van der Waals surface area contributed by atoms with Crippen molar-refractivity contribution < 1.29 is 38.8 Å². The van der Waals surface area contributed by atoms with Crippen LogP contribution >= 0.6 is 11.6 Å². The van der Waals surface area contributed by atoms with Crippen LogP contribution < -0.4 is 14.4 Å². The number of anilines is 1. The van der Waals surface area contributed by atoms with E-state index in [1.807, 2.05) is 0 Å². The Morgan fingerprint density at radius 3 is 2.26 bits per heavy atom. The molecule has 1 saturated heterocycles. The molecule has 3 aromatic carbocycles. The molecule has 0 saturated carbocycles. The van der Waals surface area contributed by atoms with Gasteiger partial charge in [0, 0.05) is 11.8 Å². The van der Waals surface area contributed by atoms with Crippen molar-refractivity contribution >= 4 is 40.7 Å². The van der Waals surface area contributed by atoms with E-state index in [4.69, 9.17) is 25.8 Å². The topological polar surface area (TPSA) is 123 Å². The normalized spacial score (nSPS) is 16.4. The minimum Gasteiger partial charge on any atom is -0.508 e. The highest BCUT2D eigenvalue weighted by Gasteiger charge is 2.47. The molecule has 1 aliphatic heterocycles. The van der Waals surface area contributed by atoms with E-state index in [1.165, 1.54) is 50.5 Å². The van der Waals surface area contributed by atoms with Gasteiger partial charge in [0.25, 0.3) is 11.7 Å². The van der Waals surface area contributed by atoms with Crippen molar-refractivity contribution in [1.82, 2.24) is 0 Å². The van der Waals surface area contributed by atoms with Crippen molar-refractivity contribution in [3.63, 3.8) is 0 Å². The minimum absolute atomic E-state index is 0.0315. The molecule has 0 aromatic heterocycles. The summed E-state index contributed by atoms with van der Waals surface area (Å²) >= 11 is 6.21. The number of ketones is 1. The Labute approximate surface area is 223 Å². The standard InChI is InChI=1S/C28H24ClNO8/c1-36-21-14-20(29)22(37-2)13-19(21)26(33)24-25(16-5-4-6-18(31)12-16)30(28(35)27(24)34)17-9-7-15(8-10-17)11-23(32)38-3/h4-10,12-14,25,31,33H,11H2,1-3H3/b26-24+. The van der Waals surface area contributed by atoms with Crippen LogP contribution in [0.2, 0.25) is 5.02 Å². The second kappa shape index (κ2) is 10.9. The van der Waals surface area contributed by atoms with E-state index in [0.717, 1.165) is 0 Å². The first kappa shape index (κ1) is 26.6. The monoisotopic (exact) mass is 537 g/mol. The first-order valence-corrected chi connectivity index (χ1v) is 11.8. The van der Waals surface area contributed by atoms with Crippen molar-refractivity contribution in [2.75, 3.05) is 26.2 Å². The molecule has 1 amide bonds. The molecule has 10 heteroatoms. The minimum atomic E-state index is -1.10. The van der Waals surface area contributed by atoms with Gasteiger partial charge in [-0.15, -0.1) is 0 Å². The molecule has 9 nitrogen and oxygen atoms in total. The summed E-state index contributed by atoms with van der Waals surface area (Å²) in [6.07, 6.45) is 0.0315. The Balaban J connectivity index is 1.92. The molecule has 196 valence electrons. The maximum atomic E-state index is 13.4. The smallest absolute Gasteiger partial charge is 0.309 e. The number of rotatable bonds is 7. The molecule has 0 spiro atoms. The van der Waals surface area contributed by atoms with E-state index in [2.05, 4.69) is 0 Å². The predicted octanol–water partition coefficient (Wildman–Crippen LogP) is 4.40. The summed E-state index contributed by atoms with van der Waals surface area (Å²) in [4.78, 5) is 39.7. The van der Waals surface area contributed by atoms with E-state index in [9.17, 15) is 24.6 Å². The highest BCUT2D eigenvalue weighted by atomic mass is 35.5. The number of phenolic OH excluding ortho intramolecular Hbond substituents is 1. The number of hydrogen-bond donors (Lipinski definition) is 2. The van der Waals surface area contributed by atoms with Crippen LogP contribution in [0.5, 0.6) is 17.2 Å². The van der Waals surface area contributed by atoms with Crippen LogP contribution in [0.4, 0.5) is 5.69 Å². The quantitative estimate of drug-likeness (QED) is 0.197. The summed E-state index contributed by atoms with van der Waals surface area (Å²) < 4.78 is 15.3. The lowest BCUT2D eigenvalue weighted by atomic mass is 9.94. The number of ether oxygens (including phenoxy) is 3. The van der Waals surface area contributed by atoms with Crippen LogP contribution in [0.1, 0.15) is 22.7 Å². The third kappa shape index (κ3) is 4.88. The number of Topliss-reactive ketones (excluding diaryl/α,β-unsaturated/α-hetero) is 1. The number of carbonyl (C=O) groups excluding carboxylic acids is 3. The number of aliphatic hydroxyl groups excluding tert-OH is 1. The zero-order valence-corrected chi connectivity index (χ0v) is 21.5. The summed E-state index contributed by atoms with van der Waals surface area (Å²) in [5.74, 6) is -2.48. The van der Waals surface area contributed by atoms with Gasteiger partial charge in [-0.05, 0) is 41.5 Å². The van der Waals surface area contributed by atoms with Gasteiger partial charge in [0.15, 0.2) is 0 Å². The predicted molar refractivity (Wildman–Crippen MR) is 140 cm³/mol. The number of phenols is 1. The fourth-order valence-corrected chi connectivity index (χ4v) is 4.54. The maximum Gasteiger partial charge on any atom is 0.309 e. The summed E-state index contributed by atoms with van der Waals surface area (Å²) in [7, 11) is 4.06. The lowest BCUT2D eigenvalue weighted by molar-refractivity contribution is -0.139. The number of amides is 1. The fraction of sp³-hybridized carbons (Fsp3) is 0.179. The second-order valence-corrected chi connectivity index (χ2v) is 8.78. The summed E-state index contributed by atoms with van der Waals surface area (Å²) in [6.45, 7) is 0. The van der Waals surface area contributed by atoms with Crippen molar-refractivity contribution in [2.45, 2.75) is 12.5 Å². The Morgan fingerprint density at radius 2 is 1.66 bits per heavy atom. The van der Waals surface area contributed by atoms with E-state index < -0.39 is 29.5 Å².